The Bertz CT molecular complexity index is 339. The fraction of sp³-hybridized carbons (Fsp3) is 0.857. The number of carboxylic acids is 1. The van der Waals surface area contributed by atoms with E-state index in [1.54, 1.807) is 7.11 Å². The molecule has 0 radical (unpaired) electrons. The van der Waals surface area contributed by atoms with Crippen LogP contribution in [0.4, 0.5) is 0 Å². The van der Waals surface area contributed by atoms with Crippen molar-refractivity contribution < 1.29 is 19.4 Å². The third-order valence-electron chi connectivity index (χ3n) is 4.76. The lowest BCUT2D eigenvalue weighted by Crippen LogP contribution is -2.49. The average molecular weight is 254 g/mol. The van der Waals surface area contributed by atoms with E-state index < -0.39 is 11.4 Å². The number of ketones is 1. The second-order valence-electron chi connectivity index (χ2n) is 5.63. The molecule has 2 rings (SSSR count). The molecule has 0 bridgehead atoms. The van der Waals surface area contributed by atoms with Crippen molar-refractivity contribution in [3.05, 3.63) is 0 Å². The van der Waals surface area contributed by atoms with E-state index in [4.69, 9.17) is 4.74 Å². The number of methoxy groups -OCH3 is 1. The lowest BCUT2D eigenvalue weighted by Gasteiger charge is -2.42. The maximum Gasteiger partial charge on any atom is 0.317 e. The summed E-state index contributed by atoms with van der Waals surface area (Å²) in [6.45, 7) is 0. The SMILES string of the molecule is COC1CCCC(C2(C(=O)O)CCCCC2=O)C1. The number of hydrogen-bond acceptors (Lipinski definition) is 3. The summed E-state index contributed by atoms with van der Waals surface area (Å²) in [6.07, 6.45) is 6.27. The molecule has 2 aliphatic rings. The molecule has 0 spiro atoms. The van der Waals surface area contributed by atoms with Crippen molar-refractivity contribution in [3.8, 4) is 0 Å². The zero-order valence-electron chi connectivity index (χ0n) is 11.0. The standard InChI is InChI=1S/C14H22O4/c1-18-11-6-4-5-10(9-11)14(13(16)17)8-3-2-7-12(14)15/h10-11H,2-9H2,1H3,(H,16,17). The number of Topliss-reactive ketones (excluding diaryl/α,β-unsaturated/α-hetero) is 1. The first-order valence-corrected chi connectivity index (χ1v) is 6.90. The van der Waals surface area contributed by atoms with Gasteiger partial charge in [-0.25, -0.2) is 0 Å². The molecule has 1 N–H and O–H groups in total. The Morgan fingerprint density at radius 2 is 2.11 bits per heavy atom. The van der Waals surface area contributed by atoms with Crippen LogP contribution < -0.4 is 0 Å². The van der Waals surface area contributed by atoms with Gasteiger partial charge in [0.1, 0.15) is 11.2 Å². The van der Waals surface area contributed by atoms with Gasteiger partial charge in [-0.3, -0.25) is 9.59 Å². The van der Waals surface area contributed by atoms with Crippen molar-refractivity contribution in [3.63, 3.8) is 0 Å². The van der Waals surface area contributed by atoms with E-state index in [0.29, 0.717) is 19.3 Å². The molecule has 4 nitrogen and oxygen atoms in total. The molecule has 0 amide bonds. The van der Waals surface area contributed by atoms with Gasteiger partial charge < -0.3 is 9.84 Å². The van der Waals surface area contributed by atoms with Crippen LogP contribution in [-0.2, 0) is 14.3 Å². The van der Waals surface area contributed by atoms with Crippen molar-refractivity contribution in [2.24, 2.45) is 11.3 Å². The second kappa shape index (κ2) is 5.39. The summed E-state index contributed by atoms with van der Waals surface area (Å²) in [5, 5.41) is 9.61. The second-order valence-corrected chi connectivity index (χ2v) is 5.63. The number of carboxylic acid groups (broad SMARTS) is 1. The third-order valence-corrected chi connectivity index (χ3v) is 4.76. The number of carbonyl (C=O) groups is 2. The van der Waals surface area contributed by atoms with Crippen LogP contribution in [0, 0.1) is 11.3 Å². The van der Waals surface area contributed by atoms with Crippen LogP contribution in [0.5, 0.6) is 0 Å². The summed E-state index contributed by atoms with van der Waals surface area (Å²) in [5.74, 6) is -1.00. The maximum absolute atomic E-state index is 12.2. The molecule has 2 aliphatic carbocycles. The van der Waals surface area contributed by atoms with Gasteiger partial charge in [-0.2, -0.15) is 0 Å². The van der Waals surface area contributed by atoms with Crippen molar-refractivity contribution in [1.82, 2.24) is 0 Å². The molecule has 0 aliphatic heterocycles. The number of aliphatic carboxylic acids is 1. The van der Waals surface area contributed by atoms with E-state index in [-0.39, 0.29) is 17.8 Å². The van der Waals surface area contributed by atoms with Crippen LogP contribution in [0.15, 0.2) is 0 Å². The van der Waals surface area contributed by atoms with Crippen LogP contribution in [-0.4, -0.2) is 30.1 Å². The molecule has 0 aromatic carbocycles. The van der Waals surface area contributed by atoms with Crippen LogP contribution >= 0.6 is 0 Å². The van der Waals surface area contributed by atoms with Crippen LogP contribution in [0.3, 0.4) is 0 Å². The van der Waals surface area contributed by atoms with Gasteiger partial charge in [0, 0.05) is 13.5 Å². The summed E-state index contributed by atoms with van der Waals surface area (Å²) in [7, 11) is 1.67. The van der Waals surface area contributed by atoms with Crippen molar-refractivity contribution >= 4 is 11.8 Å². The lowest BCUT2D eigenvalue weighted by atomic mass is 9.60. The molecule has 4 heteroatoms. The molecule has 3 unspecified atom stereocenters. The Balaban J connectivity index is 2.23. The summed E-state index contributed by atoms with van der Waals surface area (Å²) >= 11 is 0. The molecule has 0 heterocycles. The zero-order chi connectivity index (χ0) is 13.2. The van der Waals surface area contributed by atoms with Gasteiger partial charge in [-0.15, -0.1) is 0 Å². The molecule has 2 saturated carbocycles. The average Bonchev–Trinajstić information content (AvgIpc) is 2.39. The Hall–Kier alpha value is -0.900. The summed E-state index contributed by atoms with van der Waals surface area (Å²) < 4.78 is 5.37. The molecule has 2 fully saturated rings. The lowest BCUT2D eigenvalue weighted by molar-refractivity contribution is -0.164. The quantitative estimate of drug-likeness (QED) is 0.785. The Labute approximate surface area is 108 Å². The number of carbonyl (C=O) groups excluding carboxylic acids is 1. The predicted octanol–water partition coefficient (Wildman–Crippen LogP) is 2.41. The largest absolute Gasteiger partial charge is 0.480 e. The minimum Gasteiger partial charge on any atom is -0.480 e. The monoisotopic (exact) mass is 254 g/mol. The van der Waals surface area contributed by atoms with E-state index in [1.807, 2.05) is 0 Å². The van der Waals surface area contributed by atoms with Crippen molar-refractivity contribution in [2.75, 3.05) is 7.11 Å². The zero-order valence-corrected chi connectivity index (χ0v) is 11.0. The molecule has 18 heavy (non-hydrogen) atoms. The first kappa shape index (κ1) is 13.5. The highest BCUT2D eigenvalue weighted by atomic mass is 16.5. The highest BCUT2D eigenvalue weighted by molar-refractivity contribution is 6.03. The Kier molecular flexibility index (Phi) is 4.05. The van der Waals surface area contributed by atoms with E-state index in [2.05, 4.69) is 0 Å². The van der Waals surface area contributed by atoms with Crippen molar-refractivity contribution in [2.45, 2.75) is 57.5 Å². The van der Waals surface area contributed by atoms with Crippen LogP contribution in [0.1, 0.15) is 51.4 Å². The minimum atomic E-state index is -1.12. The molecular weight excluding hydrogens is 232 g/mol. The van der Waals surface area contributed by atoms with E-state index in [9.17, 15) is 14.7 Å². The molecule has 0 saturated heterocycles. The van der Waals surface area contributed by atoms with Gasteiger partial charge in [0.15, 0.2) is 0 Å². The fourth-order valence-electron chi connectivity index (χ4n) is 3.69. The smallest absolute Gasteiger partial charge is 0.317 e. The summed E-state index contributed by atoms with van der Waals surface area (Å²) in [5.41, 5.74) is -1.12. The molecular formula is C14H22O4. The van der Waals surface area contributed by atoms with E-state index >= 15 is 0 Å². The van der Waals surface area contributed by atoms with E-state index in [0.717, 1.165) is 32.1 Å². The fourth-order valence-corrected chi connectivity index (χ4v) is 3.69. The van der Waals surface area contributed by atoms with Crippen LogP contribution in [0.2, 0.25) is 0 Å². The van der Waals surface area contributed by atoms with E-state index in [1.165, 1.54) is 0 Å². The normalized spacial score (nSPS) is 37.5. The Morgan fingerprint density at radius 3 is 2.72 bits per heavy atom. The van der Waals surface area contributed by atoms with Gasteiger partial charge in [0.2, 0.25) is 0 Å². The maximum atomic E-state index is 12.2. The number of ether oxygens (including phenoxy) is 1. The molecule has 102 valence electrons. The van der Waals surface area contributed by atoms with Gasteiger partial charge in [-0.05, 0) is 38.0 Å². The van der Waals surface area contributed by atoms with Gasteiger partial charge >= 0.3 is 5.97 Å². The van der Waals surface area contributed by atoms with Crippen molar-refractivity contribution in [1.29, 1.82) is 0 Å². The predicted molar refractivity (Wildman–Crippen MR) is 66.3 cm³/mol. The topological polar surface area (TPSA) is 63.6 Å². The molecule has 0 aromatic rings. The summed E-state index contributed by atoms with van der Waals surface area (Å²) in [4.78, 5) is 23.9. The number of rotatable bonds is 3. The first-order valence-electron chi connectivity index (χ1n) is 6.90. The first-order chi connectivity index (χ1) is 8.61. The van der Waals surface area contributed by atoms with Gasteiger partial charge in [0.05, 0.1) is 6.10 Å². The van der Waals surface area contributed by atoms with Gasteiger partial charge in [-0.1, -0.05) is 12.8 Å². The molecule has 0 aromatic heterocycles. The number of hydrogen-bond donors (Lipinski definition) is 1. The highest BCUT2D eigenvalue weighted by Gasteiger charge is 2.53. The highest BCUT2D eigenvalue weighted by Crippen LogP contribution is 2.46. The molecule has 3 atom stereocenters. The van der Waals surface area contributed by atoms with Gasteiger partial charge in [0.25, 0.3) is 0 Å². The van der Waals surface area contributed by atoms with Crippen LogP contribution in [0.25, 0.3) is 0 Å². The minimum absolute atomic E-state index is 0.0403. The third kappa shape index (κ3) is 2.18. The summed E-state index contributed by atoms with van der Waals surface area (Å²) in [6, 6.07) is 0. The Morgan fingerprint density at radius 1 is 1.33 bits per heavy atom.